The quantitative estimate of drug-likeness (QED) is 0.796. The monoisotopic (exact) mass is 274 g/mol. The maximum absolute atomic E-state index is 13.9. The molecule has 20 heavy (non-hydrogen) atoms. The Labute approximate surface area is 119 Å². The van der Waals surface area contributed by atoms with E-state index in [1.807, 2.05) is 11.8 Å². The van der Waals surface area contributed by atoms with E-state index in [-0.39, 0.29) is 24.1 Å². The van der Waals surface area contributed by atoms with E-state index >= 15 is 0 Å². The van der Waals surface area contributed by atoms with Gasteiger partial charge in [-0.2, -0.15) is 0 Å². The average Bonchev–Trinajstić information content (AvgIpc) is 2.75. The Hall–Kier alpha value is -1.86. The molecular weight excluding hydrogens is 255 g/mol. The third-order valence-electron chi connectivity index (χ3n) is 3.59. The second kappa shape index (κ2) is 6.06. The van der Waals surface area contributed by atoms with Crippen molar-refractivity contribution in [1.82, 2.24) is 4.90 Å². The maximum Gasteiger partial charge on any atom is 0.254 e. The Morgan fingerprint density at radius 2 is 2.25 bits per heavy atom. The number of rotatable bonds is 1. The molecule has 2 atom stereocenters. The summed E-state index contributed by atoms with van der Waals surface area (Å²) in [6.45, 7) is 5.06. The van der Waals surface area contributed by atoms with Crippen molar-refractivity contribution >= 4 is 5.91 Å². The van der Waals surface area contributed by atoms with Gasteiger partial charge < -0.3 is 10.6 Å². The number of hydrogen-bond donors (Lipinski definition) is 1. The normalized spacial score (nSPS) is 21.5. The summed E-state index contributed by atoms with van der Waals surface area (Å²) in [7, 11) is 0. The highest BCUT2D eigenvalue weighted by Gasteiger charge is 2.30. The van der Waals surface area contributed by atoms with Gasteiger partial charge in [0.2, 0.25) is 0 Å². The summed E-state index contributed by atoms with van der Waals surface area (Å²) in [6, 6.07) is 4.63. The highest BCUT2D eigenvalue weighted by Crippen LogP contribution is 2.24. The number of carbonyl (C=O) groups excluding carboxylic acids is 1. The Balaban J connectivity index is 2.21. The Kier molecular flexibility index (Phi) is 4.41. The molecule has 2 rings (SSSR count). The highest BCUT2D eigenvalue weighted by atomic mass is 19.1. The zero-order chi connectivity index (χ0) is 14.7. The summed E-state index contributed by atoms with van der Waals surface area (Å²) in [5.41, 5.74) is 5.91. The molecule has 1 amide bonds. The molecule has 106 valence electrons. The summed E-state index contributed by atoms with van der Waals surface area (Å²) in [5.74, 6) is 5.16. The van der Waals surface area contributed by atoms with Crippen LogP contribution in [0.15, 0.2) is 18.2 Å². The molecule has 2 N–H and O–H groups in total. The summed E-state index contributed by atoms with van der Waals surface area (Å²) < 4.78 is 13.9. The number of carbonyl (C=O) groups is 1. The molecule has 4 heteroatoms. The van der Waals surface area contributed by atoms with Crippen LogP contribution in [0.4, 0.5) is 4.39 Å². The first kappa shape index (κ1) is 14.5. The van der Waals surface area contributed by atoms with Crippen LogP contribution in [0.2, 0.25) is 0 Å². The Morgan fingerprint density at radius 1 is 1.50 bits per heavy atom. The van der Waals surface area contributed by atoms with Gasteiger partial charge in [0.1, 0.15) is 5.82 Å². The van der Waals surface area contributed by atoms with Crippen molar-refractivity contribution in [1.29, 1.82) is 0 Å². The lowest BCUT2D eigenvalue weighted by atomic mass is 10.1. The molecule has 1 fully saturated rings. The van der Waals surface area contributed by atoms with Gasteiger partial charge in [-0.15, -0.1) is 0 Å². The average molecular weight is 274 g/mol. The predicted octanol–water partition coefficient (Wildman–Crippen LogP) is 2.01. The fourth-order valence-electron chi connectivity index (χ4n) is 2.64. The van der Waals surface area contributed by atoms with Gasteiger partial charge in [0, 0.05) is 18.2 Å². The molecule has 1 aromatic rings. The van der Waals surface area contributed by atoms with Crippen molar-refractivity contribution < 1.29 is 9.18 Å². The number of nitrogens with two attached hydrogens (primary N) is 1. The SMILES string of the molecule is CC1CC(C)N(C(=O)c2ccc(C#CCN)c(F)c2)C1. The number of nitrogens with zero attached hydrogens (tertiary/aromatic N) is 1. The Bertz CT molecular complexity index is 574. The minimum absolute atomic E-state index is 0.112. The summed E-state index contributed by atoms with van der Waals surface area (Å²) in [4.78, 5) is 14.2. The third-order valence-corrected chi connectivity index (χ3v) is 3.59. The van der Waals surface area contributed by atoms with Crippen LogP contribution >= 0.6 is 0 Å². The van der Waals surface area contributed by atoms with Gasteiger partial charge in [0.25, 0.3) is 5.91 Å². The number of likely N-dealkylation sites (tertiary alicyclic amines) is 1. The number of amides is 1. The fraction of sp³-hybridized carbons (Fsp3) is 0.438. The second-order valence-electron chi connectivity index (χ2n) is 5.35. The fourth-order valence-corrected chi connectivity index (χ4v) is 2.64. The van der Waals surface area contributed by atoms with Crippen molar-refractivity contribution in [2.45, 2.75) is 26.3 Å². The molecule has 0 radical (unpaired) electrons. The summed E-state index contributed by atoms with van der Waals surface area (Å²) >= 11 is 0. The van der Waals surface area contributed by atoms with Gasteiger partial charge in [-0.05, 0) is 37.5 Å². The molecule has 0 spiro atoms. The van der Waals surface area contributed by atoms with Crippen LogP contribution in [0.5, 0.6) is 0 Å². The number of benzene rings is 1. The van der Waals surface area contributed by atoms with Crippen molar-refractivity contribution in [3.8, 4) is 11.8 Å². The molecule has 0 bridgehead atoms. The van der Waals surface area contributed by atoms with Crippen LogP contribution in [0.1, 0.15) is 36.2 Å². The van der Waals surface area contributed by atoms with Crippen LogP contribution in [0.3, 0.4) is 0 Å². The van der Waals surface area contributed by atoms with E-state index < -0.39 is 5.82 Å². The topological polar surface area (TPSA) is 46.3 Å². The van der Waals surface area contributed by atoms with Gasteiger partial charge >= 0.3 is 0 Å². The number of halogens is 1. The lowest BCUT2D eigenvalue weighted by Gasteiger charge is -2.21. The van der Waals surface area contributed by atoms with Crippen LogP contribution in [0.25, 0.3) is 0 Å². The molecule has 1 saturated heterocycles. The van der Waals surface area contributed by atoms with E-state index in [1.165, 1.54) is 12.1 Å². The molecule has 0 aliphatic carbocycles. The van der Waals surface area contributed by atoms with Crippen molar-refractivity contribution in [2.75, 3.05) is 13.1 Å². The Morgan fingerprint density at radius 3 is 2.80 bits per heavy atom. The van der Waals surface area contributed by atoms with Gasteiger partial charge in [-0.1, -0.05) is 18.8 Å². The molecule has 1 heterocycles. The van der Waals surface area contributed by atoms with E-state index in [1.54, 1.807) is 6.07 Å². The third kappa shape index (κ3) is 3.00. The molecule has 1 aliphatic rings. The van der Waals surface area contributed by atoms with Crippen LogP contribution in [-0.4, -0.2) is 29.9 Å². The molecular formula is C16H19FN2O. The predicted molar refractivity (Wildman–Crippen MR) is 76.6 cm³/mol. The molecule has 2 unspecified atom stereocenters. The van der Waals surface area contributed by atoms with Crippen molar-refractivity contribution in [3.05, 3.63) is 35.1 Å². The smallest absolute Gasteiger partial charge is 0.254 e. The van der Waals surface area contributed by atoms with E-state index in [4.69, 9.17) is 5.73 Å². The molecule has 0 saturated carbocycles. The first-order chi connectivity index (χ1) is 9.52. The molecule has 0 aromatic heterocycles. The van der Waals surface area contributed by atoms with E-state index in [9.17, 15) is 9.18 Å². The molecule has 1 aromatic carbocycles. The van der Waals surface area contributed by atoms with E-state index in [2.05, 4.69) is 18.8 Å². The highest BCUT2D eigenvalue weighted by molar-refractivity contribution is 5.94. The first-order valence-electron chi connectivity index (χ1n) is 6.82. The van der Waals surface area contributed by atoms with Crippen LogP contribution in [0, 0.1) is 23.6 Å². The van der Waals surface area contributed by atoms with E-state index in [0.29, 0.717) is 11.5 Å². The minimum atomic E-state index is -0.475. The minimum Gasteiger partial charge on any atom is -0.336 e. The van der Waals surface area contributed by atoms with Crippen LogP contribution in [-0.2, 0) is 0 Å². The summed E-state index contributed by atoms with van der Waals surface area (Å²) in [6.07, 6.45) is 0.994. The first-order valence-corrected chi connectivity index (χ1v) is 6.82. The van der Waals surface area contributed by atoms with E-state index in [0.717, 1.165) is 13.0 Å². The van der Waals surface area contributed by atoms with Crippen molar-refractivity contribution in [2.24, 2.45) is 11.7 Å². The lowest BCUT2D eigenvalue weighted by molar-refractivity contribution is 0.0743. The zero-order valence-corrected chi connectivity index (χ0v) is 11.8. The summed E-state index contributed by atoms with van der Waals surface area (Å²) in [5, 5.41) is 0. The largest absolute Gasteiger partial charge is 0.336 e. The molecule has 1 aliphatic heterocycles. The van der Waals surface area contributed by atoms with Gasteiger partial charge in [0.05, 0.1) is 12.1 Å². The van der Waals surface area contributed by atoms with Gasteiger partial charge in [-0.3, -0.25) is 4.79 Å². The second-order valence-corrected chi connectivity index (χ2v) is 5.35. The van der Waals surface area contributed by atoms with Crippen molar-refractivity contribution in [3.63, 3.8) is 0 Å². The van der Waals surface area contributed by atoms with Gasteiger partial charge in [-0.25, -0.2) is 4.39 Å². The standard InChI is InChI=1S/C16H19FN2O/c1-11-8-12(2)19(10-11)16(20)14-6-5-13(4-3-7-18)15(17)9-14/h5-6,9,11-12H,7-8,10,18H2,1-2H3. The number of hydrogen-bond acceptors (Lipinski definition) is 2. The molecule has 3 nitrogen and oxygen atoms in total. The maximum atomic E-state index is 13.9. The lowest BCUT2D eigenvalue weighted by Crippen LogP contribution is -2.34. The zero-order valence-electron chi connectivity index (χ0n) is 11.8. The van der Waals surface area contributed by atoms with Crippen LogP contribution < -0.4 is 5.73 Å². The van der Waals surface area contributed by atoms with Gasteiger partial charge in [0.15, 0.2) is 0 Å².